The zero-order valence-corrected chi connectivity index (χ0v) is 10.3. The summed E-state index contributed by atoms with van der Waals surface area (Å²) in [6.07, 6.45) is 3.25. The Bertz CT molecular complexity index is 314. The van der Waals surface area contributed by atoms with Crippen LogP contribution in [0.1, 0.15) is 25.7 Å². The van der Waals surface area contributed by atoms with Crippen LogP contribution in [0, 0.1) is 0 Å². The standard InChI is InChI=1S/C12H19NO5/c14-11(4-3-9-2-1-6-18-9)13-5-7-17-8-10(13)12(15)16/h9-10H,1-8H2,(H,15,16)/t9-,10-/m0/s1. The van der Waals surface area contributed by atoms with E-state index in [1.165, 1.54) is 4.90 Å². The lowest BCUT2D eigenvalue weighted by Crippen LogP contribution is -2.52. The summed E-state index contributed by atoms with van der Waals surface area (Å²) in [7, 11) is 0. The van der Waals surface area contributed by atoms with E-state index in [0.717, 1.165) is 19.4 Å². The van der Waals surface area contributed by atoms with E-state index in [-0.39, 0.29) is 18.6 Å². The van der Waals surface area contributed by atoms with Crippen molar-refractivity contribution in [1.82, 2.24) is 4.90 Å². The van der Waals surface area contributed by atoms with Gasteiger partial charge in [0.05, 0.1) is 19.3 Å². The second kappa shape index (κ2) is 6.15. The third kappa shape index (κ3) is 3.20. The summed E-state index contributed by atoms with van der Waals surface area (Å²) in [5.41, 5.74) is 0. The van der Waals surface area contributed by atoms with Gasteiger partial charge < -0.3 is 19.5 Å². The Morgan fingerprint density at radius 1 is 1.33 bits per heavy atom. The highest BCUT2D eigenvalue weighted by Gasteiger charge is 2.32. The van der Waals surface area contributed by atoms with E-state index in [0.29, 0.717) is 26.0 Å². The number of nitrogens with zero attached hydrogens (tertiary/aromatic N) is 1. The van der Waals surface area contributed by atoms with Gasteiger partial charge in [-0.3, -0.25) is 4.79 Å². The van der Waals surface area contributed by atoms with Crippen molar-refractivity contribution in [2.75, 3.05) is 26.4 Å². The molecule has 0 spiro atoms. The van der Waals surface area contributed by atoms with Crippen molar-refractivity contribution in [3.63, 3.8) is 0 Å². The number of aliphatic carboxylic acids is 1. The van der Waals surface area contributed by atoms with Crippen molar-refractivity contribution in [2.24, 2.45) is 0 Å². The zero-order valence-electron chi connectivity index (χ0n) is 10.3. The Morgan fingerprint density at radius 3 is 2.83 bits per heavy atom. The van der Waals surface area contributed by atoms with Crippen molar-refractivity contribution in [3.8, 4) is 0 Å². The second-order valence-corrected chi connectivity index (χ2v) is 4.69. The van der Waals surface area contributed by atoms with Gasteiger partial charge in [-0.05, 0) is 19.3 Å². The van der Waals surface area contributed by atoms with Crippen molar-refractivity contribution in [3.05, 3.63) is 0 Å². The Morgan fingerprint density at radius 2 is 2.17 bits per heavy atom. The third-order valence-electron chi connectivity index (χ3n) is 3.44. The van der Waals surface area contributed by atoms with Crippen LogP contribution >= 0.6 is 0 Å². The predicted octanol–water partition coefficient (Wildman–Crippen LogP) is 0.258. The molecule has 0 aromatic heterocycles. The molecule has 0 unspecified atom stereocenters. The number of amides is 1. The number of carboxylic acid groups (broad SMARTS) is 1. The van der Waals surface area contributed by atoms with Crippen LogP contribution in [0.5, 0.6) is 0 Å². The molecule has 2 saturated heterocycles. The molecule has 0 aromatic rings. The monoisotopic (exact) mass is 257 g/mol. The van der Waals surface area contributed by atoms with Gasteiger partial charge in [-0.25, -0.2) is 4.79 Å². The van der Waals surface area contributed by atoms with E-state index >= 15 is 0 Å². The number of morpholine rings is 1. The molecule has 6 heteroatoms. The number of carbonyl (C=O) groups excluding carboxylic acids is 1. The smallest absolute Gasteiger partial charge is 0.328 e. The van der Waals surface area contributed by atoms with E-state index in [4.69, 9.17) is 14.6 Å². The fourth-order valence-electron chi connectivity index (χ4n) is 2.41. The summed E-state index contributed by atoms with van der Waals surface area (Å²) in [6.45, 7) is 1.63. The normalized spacial score (nSPS) is 28.3. The molecule has 0 bridgehead atoms. The van der Waals surface area contributed by atoms with Gasteiger partial charge in [-0.1, -0.05) is 0 Å². The molecule has 0 aliphatic carbocycles. The summed E-state index contributed by atoms with van der Waals surface area (Å²) in [4.78, 5) is 24.5. The number of ether oxygens (including phenoxy) is 2. The molecular weight excluding hydrogens is 238 g/mol. The van der Waals surface area contributed by atoms with E-state index in [2.05, 4.69) is 0 Å². The molecule has 2 heterocycles. The number of hydrogen-bond donors (Lipinski definition) is 1. The van der Waals surface area contributed by atoms with Crippen LogP contribution in [0.3, 0.4) is 0 Å². The van der Waals surface area contributed by atoms with Crippen molar-refractivity contribution >= 4 is 11.9 Å². The lowest BCUT2D eigenvalue weighted by Gasteiger charge is -2.33. The molecule has 2 aliphatic heterocycles. The average molecular weight is 257 g/mol. The Kier molecular flexibility index (Phi) is 4.54. The van der Waals surface area contributed by atoms with Crippen LogP contribution < -0.4 is 0 Å². The van der Waals surface area contributed by atoms with Gasteiger partial charge in [-0.2, -0.15) is 0 Å². The minimum absolute atomic E-state index is 0.0843. The topological polar surface area (TPSA) is 76.1 Å². The van der Waals surface area contributed by atoms with Gasteiger partial charge >= 0.3 is 5.97 Å². The van der Waals surface area contributed by atoms with Crippen LogP contribution in [0.2, 0.25) is 0 Å². The molecule has 2 aliphatic rings. The lowest BCUT2D eigenvalue weighted by atomic mass is 10.1. The highest BCUT2D eigenvalue weighted by atomic mass is 16.5. The van der Waals surface area contributed by atoms with Crippen molar-refractivity contribution in [2.45, 2.75) is 37.8 Å². The van der Waals surface area contributed by atoms with Crippen molar-refractivity contribution in [1.29, 1.82) is 0 Å². The Balaban J connectivity index is 1.83. The quantitative estimate of drug-likeness (QED) is 0.781. The molecule has 18 heavy (non-hydrogen) atoms. The molecule has 102 valence electrons. The van der Waals surface area contributed by atoms with E-state index in [9.17, 15) is 9.59 Å². The first-order chi connectivity index (χ1) is 8.68. The van der Waals surface area contributed by atoms with Crippen LogP contribution in [0.15, 0.2) is 0 Å². The largest absolute Gasteiger partial charge is 0.480 e. The molecule has 6 nitrogen and oxygen atoms in total. The number of rotatable bonds is 4. The summed E-state index contributed by atoms with van der Waals surface area (Å²) in [5.74, 6) is -1.11. The Labute approximate surface area is 106 Å². The summed E-state index contributed by atoms with van der Waals surface area (Å²) in [5, 5.41) is 9.04. The number of hydrogen-bond acceptors (Lipinski definition) is 4. The highest BCUT2D eigenvalue weighted by molar-refractivity contribution is 5.84. The summed E-state index contributed by atoms with van der Waals surface area (Å²) < 4.78 is 10.6. The second-order valence-electron chi connectivity index (χ2n) is 4.69. The van der Waals surface area contributed by atoms with Gasteiger partial charge in [0.2, 0.25) is 5.91 Å². The summed E-state index contributed by atoms with van der Waals surface area (Å²) in [6, 6.07) is -0.837. The van der Waals surface area contributed by atoms with E-state index in [1.54, 1.807) is 0 Å². The first kappa shape index (κ1) is 13.3. The first-order valence-electron chi connectivity index (χ1n) is 6.40. The maximum atomic E-state index is 12.0. The SMILES string of the molecule is O=C(O)[C@@H]1COCCN1C(=O)CC[C@@H]1CCCO1. The maximum Gasteiger partial charge on any atom is 0.328 e. The van der Waals surface area contributed by atoms with Crippen LogP contribution in [0.25, 0.3) is 0 Å². The lowest BCUT2D eigenvalue weighted by molar-refractivity contribution is -0.158. The summed E-state index contributed by atoms with van der Waals surface area (Å²) >= 11 is 0. The Hall–Kier alpha value is -1.14. The minimum atomic E-state index is -1.000. The molecule has 2 atom stereocenters. The van der Waals surface area contributed by atoms with Gasteiger partial charge in [0.15, 0.2) is 6.04 Å². The van der Waals surface area contributed by atoms with Gasteiger partial charge in [0.25, 0.3) is 0 Å². The van der Waals surface area contributed by atoms with Crippen molar-refractivity contribution < 1.29 is 24.2 Å². The maximum absolute atomic E-state index is 12.0. The van der Waals surface area contributed by atoms with E-state index in [1.807, 2.05) is 0 Å². The molecule has 2 rings (SSSR count). The zero-order chi connectivity index (χ0) is 13.0. The van der Waals surface area contributed by atoms with Crippen LogP contribution in [-0.4, -0.2) is 60.4 Å². The molecule has 1 amide bonds. The molecule has 1 N–H and O–H groups in total. The number of carboxylic acids is 1. The van der Waals surface area contributed by atoms with Gasteiger partial charge in [-0.15, -0.1) is 0 Å². The molecule has 0 saturated carbocycles. The van der Waals surface area contributed by atoms with Crippen LogP contribution in [-0.2, 0) is 19.1 Å². The van der Waals surface area contributed by atoms with E-state index < -0.39 is 12.0 Å². The van der Waals surface area contributed by atoms with Gasteiger partial charge in [0, 0.05) is 19.6 Å². The minimum Gasteiger partial charge on any atom is -0.480 e. The van der Waals surface area contributed by atoms with Gasteiger partial charge in [0.1, 0.15) is 0 Å². The first-order valence-corrected chi connectivity index (χ1v) is 6.40. The fourth-order valence-corrected chi connectivity index (χ4v) is 2.41. The molecule has 0 radical (unpaired) electrons. The third-order valence-corrected chi connectivity index (χ3v) is 3.44. The number of carbonyl (C=O) groups is 2. The average Bonchev–Trinajstić information content (AvgIpc) is 2.89. The van der Waals surface area contributed by atoms with Crippen LogP contribution in [0.4, 0.5) is 0 Å². The molecule has 2 fully saturated rings. The molecular formula is C12H19NO5. The molecule has 0 aromatic carbocycles. The fraction of sp³-hybridized carbons (Fsp3) is 0.833. The predicted molar refractivity (Wildman–Crippen MR) is 62.2 cm³/mol. The highest BCUT2D eigenvalue weighted by Crippen LogP contribution is 2.18.